The fraction of sp³-hybridized carbons (Fsp3) is 0.750. The van der Waals surface area contributed by atoms with Crippen molar-refractivity contribution in [1.82, 2.24) is 5.32 Å². The first-order valence-corrected chi connectivity index (χ1v) is 5.39. The minimum absolute atomic E-state index is 0.104. The molecular weight excluding hydrogens is 174 g/mol. The summed E-state index contributed by atoms with van der Waals surface area (Å²) in [5.41, 5.74) is 0. The third-order valence-electron chi connectivity index (χ3n) is 2.37. The Morgan fingerprint density at radius 2 is 2.14 bits per heavy atom. The molecule has 2 nitrogen and oxygen atoms in total. The van der Waals surface area contributed by atoms with E-state index in [1.54, 1.807) is 0 Å². The Morgan fingerprint density at radius 1 is 1.50 bits per heavy atom. The molecule has 0 radical (unpaired) electrons. The van der Waals surface area contributed by atoms with Crippen molar-refractivity contribution in [2.24, 2.45) is 5.92 Å². The Balaban J connectivity index is 3.96. The number of terminal acetylenes is 1. The number of carbonyl (C=O) groups is 1. The number of nitrogens with one attached hydrogen (secondary N) is 1. The van der Waals surface area contributed by atoms with Crippen LogP contribution < -0.4 is 5.32 Å². The zero-order valence-corrected chi connectivity index (χ0v) is 9.47. The Labute approximate surface area is 87.5 Å². The minimum atomic E-state index is 0.104. The second-order valence-corrected chi connectivity index (χ2v) is 3.71. The van der Waals surface area contributed by atoms with Crippen molar-refractivity contribution in [2.75, 3.05) is 0 Å². The van der Waals surface area contributed by atoms with Crippen LogP contribution in [0.25, 0.3) is 0 Å². The zero-order chi connectivity index (χ0) is 11.0. The largest absolute Gasteiger partial charge is 0.352 e. The number of rotatable bonds is 6. The van der Waals surface area contributed by atoms with Crippen LogP contribution in [0, 0.1) is 18.3 Å². The number of hydrogen-bond donors (Lipinski definition) is 1. The predicted octanol–water partition coefficient (Wildman–Crippen LogP) is 2.34. The van der Waals surface area contributed by atoms with Crippen LogP contribution in [0.15, 0.2) is 0 Å². The van der Waals surface area contributed by atoms with Gasteiger partial charge in [0.25, 0.3) is 0 Å². The fourth-order valence-electron chi connectivity index (χ4n) is 1.35. The SMILES string of the molecule is C#CCC(CC)NC(=O)C(C)CCC. The topological polar surface area (TPSA) is 29.1 Å². The highest BCUT2D eigenvalue weighted by Crippen LogP contribution is 2.06. The van der Waals surface area contributed by atoms with Crippen LogP contribution in [0.3, 0.4) is 0 Å². The van der Waals surface area contributed by atoms with Crippen molar-refractivity contribution in [2.45, 2.75) is 52.5 Å². The van der Waals surface area contributed by atoms with Gasteiger partial charge in [0, 0.05) is 18.4 Å². The van der Waals surface area contributed by atoms with E-state index < -0.39 is 0 Å². The second-order valence-electron chi connectivity index (χ2n) is 3.71. The average molecular weight is 195 g/mol. The van der Waals surface area contributed by atoms with E-state index in [1.165, 1.54) is 0 Å². The summed E-state index contributed by atoms with van der Waals surface area (Å²) in [6.45, 7) is 6.08. The molecule has 2 heteroatoms. The van der Waals surface area contributed by atoms with E-state index in [4.69, 9.17) is 6.42 Å². The van der Waals surface area contributed by atoms with Crippen LogP contribution in [-0.2, 0) is 4.79 Å². The Kier molecular flexibility index (Phi) is 6.92. The summed E-state index contributed by atoms with van der Waals surface area (Å²) in [6, 6.07) is 0.145. The van der Waals surface area contributed by atoms with Gasteiger partial charge in [0.15, 0.2) is 0 Å². The van der Waals surface area contributed by atoms with Crippen LogP contribution in [0.1, 0.15) is 46.5 Å². The molecule has 0 fully saturated rings. The monoisotopic (exact) mass is 195 g/mol. The number of hydrogen-bond acceptors (Lipinski definition) is 1. The molecule has 0 heterocycles. The lowest BCUT2D eigenvalue weighted by molar-refractivity contribution is -0.125. The molecule has 2 atom stereocenters. The summed E-state index contributed by atoms with van der Waals surface area (Å²) >= 11 is 0. The van der Waals surface area contributed by atoms with Gasteiger partial charge >= 0.3 is 0 Å². The van der Waals surface area contributed by atoms with Crippen LogP contribution in [0.5, 0.6) is 0 Å². The molecule has 0 bridgehead atoms. The standard InChI is InChI=1S/C12H21NO/c1-5-8-10(4)12(14)13-11(7-3)9-6-2/h2,10-11H,5,7-9H2,1,3-4H3,(H,13,14). The Hall–Kier alpha value is -0.970. The Bertz CT molecular complexity index is 205. The summed E-state index contributed by atoms with van der Waals surface area (Å²) in [7, 11) is 0. The van der Waals surface area contributed by atoms with Gasteiger partial charge in [0.2, 0.25) is 5.91 Å². The fourth-order valence-corrected chi connectivity index (χ4v) is 1.35. The summed E-state index contributed by atoms with van der Waals surface area (Å²) < 4.78 is 0. The summed E-state index contributed by atoms with van der Waals surface area (Å²) in [6.07, 6.45) is 8.72. The number of carbonyl (C=O) groups excluding carboxylic acids is 1. The molecule has 1 N–H and O–H groups in total. The van der Waals surface area contributed by atoms with Gasteiger partial charge in [-0.25, -0.2) is 0 Å². The van der Waals surface area contributed by atoms with E-state index in [-0.39, 0.29) is 17.9 Å². The molecule has 1 amide bonds. The lowest BCUT2D eigenvalue weighted by Gasteiger charge is -2.17. The first-order chi connectivity index (χ1) is 6.65. The molecule has 14 heavy (non-hydrogen) atoms. The second kappa shape index (κ2) is 7.44. The van der Waals surface area contributed by atoms with Crippen molar-refractivity contribution in [1.29, 1.82) is 0 Å². The van der Waals surface area contributed by atoms with E-state index >= 15 is 0 Å². The van der Waals surface area contributed by atoms with Gasteiger partial charge < -0.3 is 5.32 Å². The molecular formula is C12H21NO. The normalized spacial score (nSPS) is 14.1. The minimum Gasteiger partial charge on any atom is -0.352 e. The van der Waals surface area contributed by atoms with Gasteiger partial charge in [-0.2, -0.15) is 0 Å². The molecule has 0 aliphatic rings. The molecule has 0 aliphatic heterocycles. The van der Waals surface area contributed by atoms with E-state index in [2.05, 4.69) is 18.2 Å². The highest BCUT2D eigenvalue weighted by Gasteiger charge is 2.14. The van der Waals surface area contributed by atoms with Gasteiger partial charge in [-0.15, -0.1) is 12.3 Å². The average Bonchev–Trinajstić information content (AvgIpc) is 2.17. The summed E-state index contributed by atoms with van der Waals surface area (Å²) in [5, 5.41) is 2.97. The van der Waals surface area contributed by atoms with Crippen LogP contribution >= 0.6 is 0 Å². The lowest BCUT2D eigenvalue weighted by Crippen LogP contribution is -2.37. The smallest absolute Gasteiger partial charge is 0.223 e. The maximum Gasteiger partial charge on any atom is 0.223 e. The molecule has 0 saturated heterocycles. The van der Waals surface area contributed by atoms with Gasteiger partial charge in [-0.1, -0.05) is 27.2 Å². The zero-order valence-electron chi connectivity index (χ0n) is 9.47. The lowest BCUT2D eigenvalue weighted by atomic mass is 10.0. The molecule has 0 aromatic rings. The Morgan fingerprint density at radius 3 is 2.57 bits per heavy atom. The van der Waals surface area contributed by atoms with Crippen LogP contribution in [0.2, 0.25) is 0 Å². The van der Waals surface area contributed by atoms with E-state index in [9.17, 15) is 4.79 Å². The molecule has 80 valence electrons. The van der Waals surface area contributed by atoms with Crippen molar-refractivity contribution < 1.29 is 4.79 Å². The molecule has 0 spiro atoms. The van der Waals surface area contributed by atoms with Gasteiger partial charge in [0.05, 0.1) is 0 Å². The van der Waals surface area contributed by atoms with Gasteiger partial charge in [-0.05, 0) is 12.8 Å². The third kappa shape index (κ3) is 4.91. The quantitative estimate of drug-likeness (QED) is 0.648. The molecule has 0 aromatic heterocycles. The summed E-state index contributed by atoms with van der Waals surface area (Å²) in [4.78, 5) is 11.6. The van der Waals surface area contributed by atoms with E-state index in [0.29, 0.717) is 6.42 Å². The maximum absolute atomic E-state index is 11.6. The highest BCUT2D eigenvalue weighted by molar-refractivity contribution is 5.78. The molecule has 0 aliphatic carbocycles. The third-order valence-corrected chi connectivity index (χ3v) is 2.37. The molecule has 0 rings (SSSR count). The highest BCUT2D eigenvalue weighted by atomic mass is 16.1. The van der Waals surface area contributed by atoms with Crippen molar-refractivity contribution in [3.8, 4) is 12.3 Å². The first kappa shape index (κ1) is 13.0. The molecule has 2 unspecified atom stereocenters. The van der Waals surface area contributed by atoms with Crippen molar-refractivity contribution in [3.05, 3.63) is 0 Å². The van der Waals surface area contributed by atoms with Crippen molar-refractivity contribution in [3.63, 3.8) is 0 Å². The number of amides is 1. The summed E-state index contributed by atoms with van der Waals surface area (Å²) in [5.74, 6) is 2.82. The van der Waals surface area contributed by atoms with Gasteiger partial charge in [-0.3, -0.25) is 4.79 Å². The van der Waals surface area contributed by atoms with E-state index in [0.717, 1.165) is 19.3 Å². The van der Waals surface area contributed by atoms with E-state index in [1.807, 2.05) is 13.8 Å². The molecule has 0 aromatic carbocycles. The predicted molar refractivity (Wildman–Crippen MR) is 59.7 cm³/mol. The first-order valence-electron chi connectivity index (χ1n) is 5.39. The van der Waals surface area contributed by atoms with Crippen LogP contribution in [0.4, 0.5) is 0 Å². The van der Waals surface area contributed by atoms with Crippen molar-refractivity contribution >= 4 is 5.91 Å². The van der Waals surface area contributed by atoms with Gasteiger partial charge in [0.1, 0.15) is 0 Å². The molecule has 0 saturated carbocycles. The van der Waals surface area contributed by atoms with Crippen LogP contribution in [-0.4, -0.2) is 11.9 Å². The maximum atomic E-state index is 11.6.